The van der Waals surface area contributed by atoms with Gasteiger partial charge in [-0.3, -0.25) is 0 Å². The van der Waals surface area contributed by atoms with Crippen LogP contribution in [-0.2, 0) is 4.74 Å². The summed E-state index contributed by atoms with van der Waals surface area (Å²) < 4.78 is 4.58. The average Bonchev–Trinajstić information content (AvgIpc) is 2.16. The van der Waals surface area contributed by atoms with E-state index in [0.717, 1.165) is 5.56 Å². The van der Waals surface area contributed by atoms with Gasteiger partial charge >= 0.3 is 5.97 Å². The summed E-state index contributed by atoms with van der Waals surface area (Å²) in [6.07, 6.45) is 0. The number of hydrogen-bond donors (Lipinski definition) is 0. The van der Waals surface area contributed by atoms with Crippen LogP contribution in [0.25, 0.3) is 4.85 Å². The zero-order valence-electron chi connectivity index (χ0n) is 7.50. The van der Waals surface area contributed by atoms with Crippen molar-refractivity contribution < 1.29 is 9.53 Å². The van der Waals surface area contributed by atoms with Gasteiger partial charge in [-0.2, -0.15) is 0 Å². The number of esters is 1. The maximum Gasteiger partial charge on any atom is 0.327 e. The van der Waals surface area contributed by atoms with Crippen LogP contribution in [0, 0.1) is 13.5 Å². The molecule has 0 saturated carbocycles. The molecule has 13 heavy (non-hydrogen) atoms. The fraction of sp³-hybridized carbons (Fsp3) is 0.200. The molecule has 3 heteroatoms. The van der Waals surface area contributed by atoms with Gasteiger partial charge in [-0.15, -0.1) is 0 Å². The van der Waals surface area contributed by atoms with Gasteiger partial charge in [0.2, 0.25) is 5.69 Å². The molecule has 0 heterocycles. The van der Waals surface area contributed by atoms with E-state index in [0.29, 0.717) is 11.3 Å². The molecular formula is C10H9NO2. The van der Waals surface area contributed by atoms with Gasteiger partial charge in [-0.1, -0.05) is 18.2 Å². The van der Waals surface area contributed by atoms with Crippen LogP contribution >= 0.6 is 0 Å². The van der Waals surface area contributed by atoms with Crippen molar-refractivity contribution in [1.29, 1.82) is 0 Å². The number of carbonyl (C=O) groups excluding carboxylic acids is 1. The first-order chi connectivity index (χ1) is 6.20. The molecular weight excluding hydrogens is 166 g/mol. The summed E-state index contributed by atoms with van der Waals surface area (Å²) in [7, 11) is 1.31. The van der Waals surface area contributed by atoms with Crippen molar-refractivity contribution in [2.24, 2.45) is 0 Å². The fourth-order valence-electron chi connectivity index (χ4n) is 1.11. The zero-order valence-corrected chi connectivity index (χ0v) is 7.50. The number of aryl methyl sites for hydroxylation is 1. The van der Waals surface area contributed by atoms with Crippen molar-refractivity contribution in [1.82, 2.24) is 0 Å². The highest BCUT2D eigenvalue weighted by Crippen LogP contribution is 2.22. The molecule has 0 fully saturated rings. The second-order valence-corrected chi connectivity index (χ2v) is 2.57. The first-order valence-electron chi connectivity index (χ1n) is 3.76. The van der Waals surface area contributed by atoms with Crippen LogP contribution in [0.1, 0.15) is 15.9 Å². The molecule has 0 amide bonds. The zero-order chi connectivity index (χ0) is 9.84. The third-order valence-electron chi connectivity index (χ3n) is 1.76. The van der Waals surface area contributed by atoms with Crippen LogP contribution in [0.5, 0.6) is 0 Å². The van der Waals surface area contributed by atoms with E-state index in [9.17, 15) is 4.79 Å². The van der Waals surface area contributed by atoms with E-state index in [2.05, 4.69) is 9.58 Å². The summed E-state index contributed by atoms with van der Waals surface area (Å²) in [5.74, 6) is -0.455. The van der Waals surface area contributed by atoms with Gasteiger partial charge in [0, 0.05) is 0 Å². The molecule has 1 rings (SSSR count). The van der Waals surface area contributed by atoms with E-state index in [1.165, 1.54) is 7.11 Å². The van der Waals surface area contributed by atoms with E-state index in [1.54, 1.807) is 25.1 Å². The number of benzene rings is 1. The minimum Gasteiger partial charge on any atom is -0.466 e. The molecule has 0 aliphatic rings. The Balaban J connectivity index is 3.33. The van der Waals surface area contributed by atoms with Crippen LogP contribution in [0.3, 0.4) is 0 Å². The molecule has 0 radical (unpaired) electrons. The quantitative estimate of drug-likeness (QED) is 0.484. The molecule has 1 aromatic rings. The summed E-state index contributed by atoms with van der Waals surface area (Å²) in [4.78, 5) is 14.5. The topological polar surface area (TPSA) is 30.7 Å². The Kier molecular flexibility index (Phi) is 2.65. The third kappa shape index (κ3) is 1.67. The lowest BCUT2D eigenvalue weighted by atomic mass is 10.1. The molecule has 0 atom stereocenters. The maximum absolute atomic E-state index is 11.2. The van der Waals surface area contributed by atoms with Gasteiger partial charge < -0.3 is 4.74 Å². The Bertz CT molecular complexity index is 377. The molecule has 0 aliphatic heterocycles. The van der Waals surface area contributed by atoms with Crippen molar-refractivity contribution in [3.63, 3.8) is 0 Å². The lowest BCUT2D eigenvalue weighted by Gasteiger charge is -2.04. The van der Waals surface area contributed by atoms with E-state index in [1.807, 2.05) is 0 Å². The highest BCUT2D eigenvalue weighted by molar-refractivity contribution is 5.97. The van der Waals surface area contributed by atoms with Gasteiger partial charge in [-0.05, 0) is 12.5 Å². The van der Waals surface area contributed by atoms with Crippen LogP contribution in [0.4, 0.5) is 5.69 Å². The maximum atomic E-state index is 11.2. The molecule has 66 valence electrons. The highest BCUT2D eigenvalue weighted by Gasteiger charge is 2.13. The number of carbonyl (C=O) groups is 1. The molecule has 0 bridgehead atoms. The van der Waals surface area contributed by atoms with Crippen molar-refractivity contribution in [2.75, 3.05) is 7.11 Å². The number of ether oxygens (including phenoxy) is 1. The lowest BCUT2D eigenvalue weighted by molar-refractivity contribution is 0.0601. The largest absolute Gasteiger partial charge is 0.466 e. The summed E-state index contributed by atoms with van der Waals surface area (Å²) in [6, 6.07) is 5.13. The normalized spacial score (nSPS) is 9.00. The molecule has 0 spiro atoms. The summed E-state index contributed by atoms with van der Waals surface area (Å²) in [5, 5.41) is 0. The van der Waals surface area contributed by atoms with Gasteiger partial charge in [0.1, 0.15) is 0 Å². The van der Waals surface area contributed by atoms with Gasteiger partial charge in [0.15, 0.2) is 0 Å². The Morgan fingerprint density at radius 2 is 2.23 bits per heavy atom. The van der Waals surface area contributed by atoms with Crippen LogP contribution in [0.2, 0.25) is 0 Å². The van der Waals surface area contributed by atoms with Gasteiger partial charge in [0.05, 0.1) is 19.2 Å². The van der Waals surface area contributed by atoms with E-state index >= 15 is 0 Å². The Hall–Kier alpha value is -1.82. The van der Waals surface area contributed by atoms with Crippen molar-refractivity contribution in [3.05, 3.63) is 40.7 Å². The first-order valence-corrected chi connectivity index (χ1v) is 3.76. The molecule has 1 aromatic carbocycles. The molecule has 0 aromatic heterocycles. The predicted molar refractivity (Wildman–Crippen MR) is 48.8 cm³/mol. The minimum atomic E-state index is -0.455. The van der Waals surface area contributed by atoms with Gasteiger partial charge in [0.25, 0.3) is 0 Å². The molecule has 0 aliphatic carbocycles. The van der Waals surface area contributed by atoms with E-state index in [4.69, 9.17) is 6.57 Å². The Morgan fingerprint density at radius 3 is 2.77 bits per heavy atom. The average molecular weight is 175 g/mol. The number of nitrogens with zero attached hydrogens (tertiary/aromatic N) is 1. The van der Waals surface area contributed by atoms with Gasteiger partial charge in [-0.25, -0.2) is 9.64 Å². The Morgan fingerprint density at radius 1 is 1.54 bits per heavy atom. The van der Waals surface area contributed by atoms with Crippen LogP contribution in [0.15, 0.2) is 18.2 Å². The second kappa shape index (κ2) is 3.72. The van der Waals surface area contributed by atoms with E-state index < -0.39 is 5.97 Å². The summed E-state index contributed by atoms with van der Waals surface area (Å²) in [6.45, 7) is 8.65. The molecule has 3 nitrogen and oxygen atoms in total. The highest BCUT2D eigenvalue weighted by atomic mass is 16.5. The van der Waals surface area contributed by atoms with Crippen LogP contribution in [-0.4, -0.2) is 13.1 Å². The van der Waals surface area contributed by atoms with Crippen molar-refractivity contribution in [2.45, 2.75) is 6.92 Å². The van der Waals surface area contributed by atoms with Crippen molar-refractivity contribution in [3.8, 4) is 0 Å². The monoisotopic (exact) mass is 175 g/mol. The summed E-state index contributed by atoms with van der Waals surface area (Å²) >= 11 is 0. The Labute approximate surface area is 76.8 Å². The number of methoxy groups -OCH3 is 1. The lowest BCUT2D eigenvalue weighted by Crippen LogP contribution is -2.03. The first kappa shape index (κ1) is 9.27. The smallest absolute Gasteiger partial charge is 0.327 e. The predicted octanol–water partition coefficient (Wildman–Crippen LogP) is 2.33. The molecule has 0 unspecified atom stereocenters. The van der Waals surface area contributed by atoms with Crippen LogP contribution < -0.4 is 0 Å². The number of rotatable bonds is 1. The minimum absolute atomic E-state index is 0.340. The third-order valence-corrected chi connectivity index (χ3v) is 1.76. The summed E-state index contributed by atoms with van der Waals surface area (Å²) in [5.41, 5.74) is 1.47. The standard InChI is InChI=1S/C10H9NO2/c1-7-5-4-6-8(11-2)9(7)10(12)13-3/h4-6H,1,3H3. The van der Waals surface area contributed by atoms with E-state index in [-0.39, 0.29) is 0 Å². The molecule has 0 N–H and O–H groups in total. The molecule has 0 saturated heterocycles. The SMILES string of the molecule is [C-]#[N+]c1cccc(C)c1C(=O)OC. The fourth-order valence-corrected chi connectivity index (χ4v) is 1.11. The number of hydrogen-bond acceptors (Lipinski definition) is 2. The van der Waals surface area contributed by atoms with Crippen molar-refractivity contribution >= 4 is 11.7 Å². The second-order valence-electron chi connectivity index (χ2n) is 2.57.